The molecule has 1 fully saturated rings. The molecular weight excluding hydrogens is 424 g/mol. The fourth-order valence-electron chi connectivity index (χ4n) is 3.87. The second-order valence-electron chi connectivity index (χ2n) is 7.45. The third-order valence-corrected chi connectivity index (χ3v) is 6.39. The highest BCUT2D eigenvalue weighted by atomic mass is 32.2. The zero-order valence-corrected chi connectivity index (χ0v) is 18.3. The van der Waals surface area contributed by atoms with Crippen molar-refractivity contribution < 1.29 is 29.1 Å². The predicted octanol–water partition coefficient (Wildman–Crippen LogP) is 2.27. The van der Waals surface area contributed by atoms with Crippen molar-refractivity contribution in [3.05, 3.63) is 51.2 Å². The monoisotopic (exact) mass is 450 g/mol. The van der Waals surface area contributed by atoms with Crippen molar-refractivity contribution in [3.63, 3.8) is 0 Å². The summed E-state index contributed by atoms with van der Waals surface area (Å²) in [7, 11) is 0. The summed E-state index contributed by atoms with van der Waals surface area (Å²) in [6.45, 7) is 4.70. The lowest BCUT2D eigenvalue weighted by Gasteiger charge is -2.44. The number of hydrogen-bond acceptors (Lipinski definition) is 8. The number of aliphatic hydroxyl groups is 1. The van der Waals surface area contributed by atoms with Crippen LogP contribution < -0.4 is 0 Å². The summed E-state index contributed by atoms with van der Waals surface area (Å²) in [5.74, 6) is -0.0402. The van der Waals surface area contributed by atoms with E-state index in [1.165, 1.54) is 29.2 Å². The van der Waals surface area contributed by atoms with E-state index < -0.39 is 22.9 Å². The zero-order chi connectivity index (χ0) is 22.5. The van der Waals surface area contributed by atoms with Crippen LogP contribution in [-0.2, 0) is 25.7 Å². The third kappa shape index (κ3) is 5.08. The van der Waals surface area contributed by atoms with Gasteiger partial charge >= 0.3 is 5.97 Å². The molecule has 168 valence electrons. The first-order valence-electron chi connectivity index (χ1n) is 10.1. The van der Waals surface area contributed by atoms with Gasteiger partial charge in [0.1, 0.15) is 12.3 Å². The zero-order valence-electron chi connectivity index (χ0n) is 17.5. The number of nitro benzene ring substituents is 1. The van der Waals surface area contributed by atoms with Crippen LogP contribution in [0.5, 0.6) is 0 Å². The van der Waals surface area contributed by atoms with Gasteiger partial charge in [-0.2, -0.15) is 11.8 Å². The number of thioether (sulfide) groups is 1. The summed E-state index contributed by atoms with van der Waals surface area (Å²) >= 11 is 1.62. The first kappa shape index (κ1) is 23.2. The molecular formula is C21H26N2O7S. The van der Waals surface area contributed by atoms with Gasteiger partial charge in [0.25, 0.3) is 5.69 Å². The van der Waals surface area contributed by atoms with E-state index in [2.05, 4.69) is 0 Å². The van der Waals surface area contributed by atoms with Gasteiger partial charge in [-0.05, 0) is 43.5 Å². The summed E-state index contributed by atoms with van der Waals surface area (Å²) < 4.78 is 10.8. The van der Waals surface area contributed by atoms with E-state index in [9.17, 15) is 24.8 Å². The summed E-state index contributed by atoms with van der Waals surface area (Å²) in [5.41, 5.74) is 1.66. The second kappa shape index (κ2) is 10.3. The molecule has 3 atom stereocenters. The van der Waals surface area contributed by atoms with E-state index in [0.717, 1.165) is 11.3 Å². The number of amides is 1. The van der Waals surface area contributed by atoms with Crippen LogP contribution in [0, 0.1) is 16.0 Å². The van der Waals surface area contributed by atoms with Gasteiger partial charge in [-0.15, -0.1) is 0 Å². The van der Waals surface area contributed by atoms with Crippen molar-refractivity contribution in [1.29, 1.82) is 0 Å². The average molecular weight is 451 g/mol. The molecule has 31 heavy (non-hydrogen) atoms. The maximum Gasteiger partial charge on any atom is 0.355 e. The highest BCUT2D eigenvalue weighted by Gasteiger charge is 2.56. The van der Waals surface area contributed by atoms with E-state index >= 15 is 0 Å². The molecule has 2 heterocycles. The second-order valence-corrected chi connectivity index (χ2v) is 8.55. The fraction of sp³-hybridized carbons (Fsp3) is 0.524. The van der Waals surface area contributed by atoms with Crippen molar-refractivity contribution in [2.24, 2.45) is 5.92 Å². The Morgan fingerprint density at radius 3 is 2.71 bits per heavy atom. The van der Waals surface area contributed by atoms with Gasteiger partial charge in [-0.3, -0.25) is 14.9 Å². The van der Waals surface area contributed by atoms with E-state index in [0.29, 0.717) is 31.0 Å². The Morgan fingerprint density at radius 1 is 1.39 bits per heavy atom. The maximum atomic E-state index is 12.9. The molecule has 1 aromatic carbocycles. The quantitative estimate of drug-likeness (QED) is 0.179. The number of nitrogens with zero attached hydrogens (tertiary/aromatic N) is 2. The maximum absolute atomic E-state index is 12.9. The smallest absolute Gasteiger partial charge is 0.355 e. The topological polar surface area (TPSA) is 119 Å². The van der Waals surface area contributed by atoms with Crippen LogP contribution in [0.2, 0.25) is 0 Å². The van der Waals surface area contributed by atoms with Crippen LogP contribution in [0.4, 0.5) is 5.69 Å². The molecule has 0 radical (unpaired) electrons. The molecule has 1 saturated heterocycles. The summed E-state index contributed by atoms with van der Waals surface area (Å²) in [4.78, 5) is 37.2. The Morgan fingerprint density at radius 2 is 2.10 bits per heavy atom. The summed E-state index contributed by atoms with van der Waals surface area (Å²) in [6, 6.07) is 5.53. The molecule has 2 aliphatic heterocycles. The van der Waals surface area contributed by atoms with Gasteiger partial charge in [0.15, 0.2) is 0 Å². The van der Waals surface area contributed by atoms with Gasteiger partial charge in [0.2, 0.25) is 5.91 Å². The van der Waals surface area contributed by atoms with Gasteiger partial charge in [-0.1, -0.05) is 0 Å². The van der Waals surface area contributed by atoms with Crippen LogP contribution >= 0.6 is 11.8 Å². The number of benzene rings is 1. The van der Waals surface area contributed by atoms with Gasteiger partial charge < -0.3 is 19.5 Å². The Bertz CT molecular complexity index is 869. The number of ether oxygens (including phenoxy) is 2. The molecule has 0 unspecified atom stereocenters. The molecule has 2 aliphatic rings. The molecule has 0 aromatic heterocycles. The minimum atomic E-state index is -0.781. The summed E-state index contributed by atoms with van der Waals surface area (Å²) in [6.07, 6.45) is -0.249. The number of carbonyl (C=O) groups is 2. The lowest BCUT2D eigenvalue weighted by Crippen LogP contribution is -2.61. The normalized spacial score (nSPS) is 21.0. The molecule has 0 saturated carbocycles. The van der Waals surface area contributed by atoms with E-state index in [4.69, 9.17) is 9.47 Å². The van der Waals surface area contributed by atoms with Crippen LogP contribution in [-0.4, -0.2) is 63.7 Å². The predicted molar refractivity (Wildman–Crippen MR) is 114 cm³/mol. The van der Waals surface area contributed by atoms with Crippen molar-refractivity contribution in [2.75, 3.05) is 24.7 Å². The molecule has 1 N–H and O–H groups in total. The Balaban J connectivity index is 1.68. The Kier molecular flexibility index (Phi) is 7.69. The molecule has 0 bridgehead atoms. The van der Waals surface area contributed by atoms with Crippen molar-refractivity contribution in [1.82, 2.24) is 4.90 Å². The van der Waals surface area contributed by atoms with Crippen LogP contribution in [0.25, 0.3) is 0 Å². The number of hydrogen-bond donors (Lipinski definition) is 1. The number of esters is 1. The summed E-state index contributed by atoms with van der Waals surface area (Å²) in [5, 5.41) is 20.7. The van der Waals surface area contributed by atoms with Crippen LogP contribution in [0.3, 0.4) is 0 Å². The minimum Gasteiger partial charge on any atom is -0.456 e. The number of nitro groups is 1. The van der Waals surface area contributed by atoms with Crippen molar-refractivity contribution >= 4 is 29.3 Å². The molecule has 1 aromatic rings. The number of fused-ring (bicyclic) bond motifs is 1. The fourth-order valence-corrected chi connectivity index (χ4v) is 4.75. The minimum absolute atomic E-state index is 0.0434. The Hall–Kier alpha value is -2.43. The lowest BCUT2D eigenvalue weighted by atomic mass is 9.83. The number of β-lactam (4-membered cyclic amide) rings is 1. The molecule has 3 rings (SSSR count). The molecule has 1 amide bonds. The van der Waals surface area contributed by atoms with E-state index in [-0.39, 0.29) is 29.9 Å². The first-order valence-corrected chi connectivity index (χ1v) is 11.3. The van der Waals surface area contributed by atoms with E-state index in [1.807, 2.05) is 6.92 Å². The first-order chi connectivity index (χ1) is 14.8. The van der Waals surface area contributed by atoms with Crippen LogP contribution in [0.1, 0.15) is 25.8 Å². The molecule has 10 heteroatoms. The van der Waals surface area contributed by atoms with Crippen molar-refractivity contribution in [2.45, 2.75) is 39.0 Å². The van der Waals surface area contributed by atoms with Gasteiger partial charge in [-0.25, -0.2) is 4.79 Å². The number of carbonyl (C=O) groups excluding carboxylic acids is 2. The number of rotatable bonds is 11. The average Bonchev–Trinajstić information content (AvgIpc) is 3.06. The largest absolute Gasteiger partial charge is 0.456 e. The highest BCUT2D eigenvalue weighted by molar-refractivity contribution is 7.99. The van der Waals surface area contributed by atoms with Crippen molar-refractivity contribution in [3.8, 4) is 0 Å². The van der Waals surface area contributed by atoms with E-state index in [1.54, 1.807) is 18.7 Å². The van der Waals surface area contributed by atoms with Gasteiger partial charge in [0, 0.05) is 30.2 Å². The number of non-ortho nitro benzene ring substituents is 1. The lowest BCUT2D eigenvalue weighted by molar-refractivity contribution is -0.384. The number of aliphatic hydroxyl groups excluding tert-OH is 1. The SMILES string of the molecule is CCOCCSCC1=C(C(=O)OCc2ccc([N+](=O)[O-])cc2)N2C(=O)[C@H]([C@H](C)O)[C@H]2C1. The molecule has 9 nitrogen and oxygen atoms in total. The van der Waals surface area contributed by atoms with Crippen LogP contribution in [0.15, 0.2) is 35.5 Å². The molecule has 0 aliphatic carbocycles. The Labute approximate surface area is 184 Å². The molecule has 0 spiro atoms. The van der Waals surface area contributed by atoms with Gasteiger partial charge in [0.05, 0.1) is 29.6 Å². The standard InChI is InChI=1S/C21H26N2O7S/c1-3-29-8-9-31-12-15-10-17-18(13(2)24)20(25)22(17)19(15)21(26)30-11-14-4-6-16(7-5-14)23(27)28/h4-7,13,17-18,24H,3,8-12H2,1-2H3/t13-,17+,18+/m0/s1. The highest BCUT2D eigenvalue weighted by Crippen LogP contribution is 2.44. The third-order valence-electron chi connectivity index (χ3n) is 5.38.